The minimum Gasteiger partial charge on any atom is -0.481 e. The quantitative estimate of drug-likeness (QED) is 0.814. The molecule has 0 atom stereocenters. The van der Waals surface area contributed by atoms with Gasteiger partial charge in [0.25, 0.3) is 0 Å². The number of hydrogen-bond donors (Lipinski definition) is 1. The molecule has 1 aromatic heterocycles. The largest absolute Gasteiger partial charge is 0.481 e. The molecule has 1 heterocycles. The van der Waals surface area contributed by atoms with Gasteiger partial charge in [0.1, 0.15) is 5.82 Å². The van der Waals surface area contributed by atoms with Crippen molar-refractivity contribution in [2.45, 2.75) is 55.5 Å². The van der Waals surface area contributed by atoms with E-state index in [4.69, 9.17) is 5.11 Å². The van der Waals surface area contributed by atoms with Crippen molar-refractivity contribution >= 4 is 29.5 Å². The Morgan fingerprint density at radius 3 is 2.65 bits per heavy atom. The van der Waals surface area contributed by atoms with E-state index in [9.17, 15) is 4.79 Å². The van der Waals surface area contributed by atoms with E-state index < -0.39 is 5.97 Å². The second kappa shape index (κ2) is 6.85. The molecule has 20 heavy (non-hydrogen) atoms. The van der Waals surface area contributed by atoms with Crippen LogP contribution >= 0.6 is 23.5 Å². The summed E-state index contributed by atoms with van der Waals surface area (Å²) in [4.78, 5) is 10.7. The Balaban J connectivity index is 2.14. The summed E-state index contributed by atoms with van der Waals surface area (Å²) in [7, 11) is 0. The van der Waals surface area contributed by atoms with E-state index in [1.807, 2.05) is 18.7 Å². The second-order valence-electron chi connectivity index (χ2n) is 5.25. The first-order chi connectivity index (χ1) is 9.56. The fraction of sp³-hybridized carbons (Fsp3) is 0.769. The van der Waals surface area contributed by atoms with Crippen LogP contribution in [0.25, 0.3) is 0 Å². The monoisotopic (exact) mass is 315 g/mol. The highest BCUT2D eigenvalue weighted by Gasteiger charge is 2.33. The fourth-order valence-electron chi connectivity index (χ4n) is 2.69. The molecule has 7 heteroatoms. The lowest BCUT2D eigenvalue weighted by atomic mass is 9.88. The molecule has 0 radical (unpaired) electrons. The van der Waals surface area contributed by atoms with E-state index in [0.717, 1.165) is 17.5 Å². The van der Waals surface area contributed by atoms with Gasteiger partial charge < -0.3 is 9.67 Å². The van der Waals surface area contributed by atoms with Gasteiger partial charge in [-0.3, -0.25) is 4.79 Å². The molecule has 0 spiro atoms. The molecular formula is C13H21N3O2S2. The van der Waals surface area contributed by atoms with Gasteiger partial charge >= 0.3 is 5.97 Å². The SMILES string of the molecule is CSC1(Cn2c(C)nnc2SCC(=O)O)CCCCC1. The molecule has 5 nitrogen and oxygen atoms in total. The van der Waals surface area contributed by atoms with Crippen molar-refractivity contribution in [1.29, 1.82) is 0 Å². The number of aryl methyl sites for hydroxylation is 1. The predicted molar refractivity (Wildman–Crippen MR) is 82.4 cm³/mol. The van der Waals surface area contributed by atoms with Gasteiger partial charge in [0, 0.05) is 11.3 Å². The normalized spacial score (nSPS) is 18.1. The summed E-state index contributed by atoms with van der Waals surface area (Å²) < 4.78 is 2.35. The topological polar surface area (TPSA) is 68.0 Å². The Hall–Kier alpha value is -0.690. The van der Waals surface area contributed by atoms with Gasteiger partial charge in [0.15, 0.2) is 5.16 Å². The zero-order chi connectivity index (χ0) is 14.6. The maximum atomic E-state index is 10.7. The van der Waals surface area contributed by atoms with Crippen LogP contribution in [-0.4, -0.2) is 42.6 Å². The van der Waals surface area contributed by atoms with Crippen LogP contribution < -0.4 is 0 Å². The van der Waals surface area contributed by atoms with Gasteiger partial charge in [-0.1, -0.05) is 31.0 Å². The molecule has 2 rings (SSSR count). The van der Waals surface area contributed by atoms with E-state index in [1.54, 1.807) is 0 Å². The molecule has 1 saturated carbocycles. The molecule has 0 aromatic carbocycles. The van der Waals surface area contributed by atoms with E-state index in [0.29, 0.717) is 0 Å². The third kappa shape index (κ3) is 3.69. The fourth-order valence-corrected chi connectivity index (χ4v) is 4.35. The molecule has 112 valence electrons. The summed E-state index contributed by atoms with van der Waals surface area (Å²) in [5.74, 6) is 0.0843. The summed E-state index contributed by atoms with van der Waals surface area (Å²) in [6, 6.07) is 0. The second-order valence-corrected chi connectivity index (χ2v) is 7.46. The molecule has 0 saturated heterocycles. The standard InChI is InChI=1S/C13H21N3O2S2/c1-10-14-15-12(20-8-11(17)18)16(10)9-13(19-2)6-4-3-5-7-13/h3-9H2,1-2H3,(H,17,18). The number of carboxylic acid groups (broad SMARTS) is 1. The van der Waals surface area contributed by atoms with Crippen LogP contribution in [0.15, 0.2) is 5.16 Å². The molecule has 0 aliphatic heterocycles. The van der Waals surface area contributed by atoms with Crippen molar-refractivity contribution in [3.05, 3.63) is 5.82 Å². The van der Waals surface area contributed by atoms with Crippen LogP contribution in [0.5, 0.6) is 0 Å². The number of thioether (sulfide) groups is 2. The van der Waals surface area contributed by atoms with E-state index in [1.165, 1.54) is 43.9 Å². The van der Waals surface area contributed by atoms with Crippen LogP contribution in [0, 0.1) is 6.92 Å². The van der Waals surface area contributed by atoms with Crippen molar-refractivity contribution in [1.82, 2.24) is 14.8 Å². The summed E-state index contributed by atoms with van der Waals surface area (Å²) >= 11 is 3.19. The van der Waals surface area contributed by atoms with Crippen molar-refractivity contribution in [3.63, 3.8) is 0 Å². The highest BCUT2D eigenvalue weighted by atomic mass is 32.2. The predicted octanol–water partition coefficient (Wildman–Crippen LogP) is 2.83. The molecule has 0 bridgehead atoms. The maximum Gasteiger partial charge on any atom is 0.313 e. The summed E-state index contributed by atoms with van der Waals surface area (Å²) in [6.45, 7) is 2.82. The molecule has 0 amide bonds. The summed E-state index contributed by atoms with van der Waals surface area (Å²) in [5, 5.41) is 17.8. The van der Waals surface area contributed by atoms with Crippen molar-refractivity contribution in [3.8, 4) is 0 Å². The van der Waals surface area contributed by atoms with Gasteiger partial charge in [0.05, 0.1) is 5.75 Å². The Labute approximate surface area is 127 Å². The number of carbonyl (C=O) groups is 1. The number of nitrogens with zero attached hydrogens (tertiary/aromatic N) is 3. The average Bonchev–Trinajstić information content (AvgIpc) is 2.78. The number of hydrogen-bond acceptors (Lipinski definition) is 5. The highest BCUT2D eigenvalue weighted by molar-refractivity contribution is 8.00. The Kier molecular flexibility index (Phi) is 5.37. The highest BCUT2D eigenvalue weighted by Crippen LogP contribution is 2.40. The number of aliphatic carboxylic acids is 1. The van der Waals surface area contributed by atoms with Gasteiger partial charge in [-0.05, 0) is 26.0 Å². The molecule has 1 aromatic rings. The third-order valence-corrected chi connectivity index (χ3v) is 6.23. The van der Waals surface area contributed by atoms with E-state index in [2.05, 4.69) is 21.0 Å². The van der Waals surface area contributed by atoms with Crippen LogP contribution in [0.1, 0.15) is 37.9 Å². The van der Waals surface area contributed by atoms with Crippen molar-refractivity contribution < 1.29 is 9.90 Å². The average molecular weight is 315 g/mol. The van der Waals surface area contributed by atoms with Crippen molar-refractivity contribution in [2.24, 2.45) is 0 Å². The number of aromatic nitrogens is 3. The molecule has 1 aliphatic rings. The third-order valence-electron chi connectivity index (χ3n) is 3.87. The molecule has 1 fully saturated rings. The zero-order valence-electron chi connectivity index (χ0n) is 12.0. The first-order valence-corrected chi connectivity index (χ1v) is 9.07. The zero-order valence-corrected chi connectivity index (χ0v) is 13.6. The first-order valence-electron chi connectivity index (χ1n) is 6.86. The minimum absolute atomic E-state index is 0.0321. The number of rotatable bonds is 6. The number of carboxylic acids is 1. The molecule has 0 unspecified atom stereocenters. The maximum absolute atomic E-state index is 10.7. The smallest absolute Gasteiger partial charge is 0.313 e. The lowest BCUT2D eigenvalue weighted by molar-refractivity contribution is -0.133. The van der Waals surface area contributed by atoms with Gasteiger partial charge in [0.2, 0.25) is 0 Å². The minimum atomic E-state index is -0.820. The molecule has 1 aliphatic carbocycles. The lowest BCUT2D eigenvalue weighted by Crippen LogP contribution is -2.33. The molecular weight excluding hydrogens is 294 g/mol. The summed E-state index contributed by atoms with van der Waals surface area (Å²) in [5.41, 5.74) is 0. The van der Waals surface area contributed by atoms with Crippen LogP contribution in [0.4, 0.5) is 0 Å². The lowest BCUT2D eigenvalue weighted by Gasteiger charge is -2.36. The van der Waals surface area contributed by atoms with Gasteiger partial charge in [-0.15, -0.1) is 10.2 Å². The first kappa shape index (κ1) is 15.7. The molecule has 1 N–H and O–H groups in total. The van der Waals surface area contributed by atoms with E-state index >= 15 is 0 Å². The van der Waals surface area contributed by atoms with Crippen LogP contribution in [0.3, 0.4) is 0 Å². The van der Waals surface area contributed by atoms with Crippen LogP contribution in [0.2, 0.25) is 0 Å². The Morgan fingerprint density at radius 2 is 2.05 bits per heavy atom. The van der Waals surface area contributed by atoms with Crippen LogP contribution in [-0.2, 0) is 11.3 Å². The van der Waals surface area contributed by atoms with E-state index in [-0.39, 0.29) is 10.5 Å². The van der Waals surface area contributed by atoms with Crippen molar-refractivity contribution in [2.75, 3.05) is 12.0 Å². The Morgan fingerprint density at radius 1 is 1.35 bits per heavy atom. The summed E-state index contributed by atoms with van der Waals surface area (Å²) in [6.07, 6.45) is 8.49. The van der Waals surface area contributed by atoms with Gasteiger partial charge in [-0.25, -0.2) is 0 Å². The van der Waals surface area contributed by atoms with Gasteiger partial charge in [-0.2, -0.15) is 11.8 Å². The Bertz CT molecular complexity index is 470.